The van der Waals surface area contributed by atoms with Crippen molar-refractivity contribution in [1.29, 1.82) is 0 Å². The molecule has 0 heterocycles. The van der Waals surface area contributed by atoms with Crippen LogP contribution in [0.2, 0.25) is 0 Å². The van der Waals surface area contributed by atoms with Gasteiger partial charge < -0.3 is 0 Å². The van der Waals surface area contributed by atoms with Crippen LogP contribution >= 0.6 is 0 Å². The van der Waals surface area contributed by atoms with E-state index in [4.69, 9.17) is 0 Å². The lowest BCUT2D eigenvalue weighted by atomic mass is 9.96. The second kappa shape index (κ2) is 5.41. The summed E-state index contributed by atoms with van der Waals surface area (Å²) in [4.78, 5) is 0. The van der Waals surface area contributed by atoms with Crippen LogP contribution in [0.1, 0.15) is 52.6 Å². The number of hydrogen-bond acceptors (Lipinski definition) is 0. The van der Waals surface area contributed by atoms with E-state index in [1.807, 2.05) is 0 Å². The summed E-state index contributed by atoms with van der Waals surface area (Å²) in [6.45, 7) is 8.83. The summed E-state index contributed by atoms with van der Waals surface area (Å²) in [6, 6.07) is 13.0. The Balaban J connectivity index is 1.90. The summed E-state index contributed by atoms with van der Waals surface area (Å²) in [5, 5.41) is 0. The van der Waals surface area contributed by atoms with Crippen LogP contribution in [0.3, 0.4) is 0 Å². The minimum atomic E-state index is 0.780. The Morgan fingerprint density at radius 1 is 0.905 bits per heavy atom. The maximum atomic E-state index is 3.34. The summed E-state index contributed by atoms with van der Waals surface area (Å²) < 4.78 is 0. The van der Waals surface area contributed by atoms with Gasteiger partial charge in [-0.15, -0.1) is 0 Å². The van der Waals surface area contributed by atoms with Crippen LogP contribution in [0.25, 0.3) is 0 Å². The maximum Gasteiger partial charge on any atom is 0.0281 e. The normalized spacial score (nSPS) is 19.8. The molecule has 0 heteroatoms. The van der Waals surface area contributed by atoms with Gasteiger partial charge in [-0.2, -0.15) is 0 Å². The Morgan fingerprint density at radius 3 is 2.19 bits per heavy atom. The predicted octanol–water partition coefficient (Wildman–Crippen LogP) is 5.14. The van der Waals surface area contributed by atoms with Gasteiger partial charge in [-0.1, -0.05) is 42.5 Å². The van der Waals surface area contributed by atoms with Gasteiger partial charge in [-0.25, -0.2) is 0 Å². The molecule has 21 heavy (non-hydrogen) atoms. The van der Waals surface area contributed by atoms with E-state index in [1.54, 1.807) is 0 Å². The van der Waals surface area contributed by atoms with E-state index in [2.05, 4.69) is 75.9 Å². The molecule has 0 nitrogen and oxygen atoms in total. The summed E-state index contributed by atoms with van der Waals surface area (Å²) in [5.41, 5.74) is 7.73. The molecule has 1 fully saturated rings. The van der Waals surface area contributed by atoms with Crippen LogP contribution in [-0.4, -0.2) is 0 Å². The highest BCUT2D eigenvalue weighted by molar-refractivity contribution is 5.51. The van der Waals surface area contributed by atoms with Crippen molar-refractivity contribution in [3.63, 3.8) is 0 Å². The Kier molecular flexibility index (Phi) is 3.60. The van der Waals surface area contributed by atoms with Gasteiger partial charge in [-0.05, 0) is 73.9 Å². The fourth-order valence-electron chi connectivity index (χ4n) is 2.90. The van der Waals surface area contributed by atoms with E-state index in [1.165, 1.54) is 28.7 Å². The van der Waals surface area contributed by atoms with Crippen molar-refractivity contribution in [2.45, 2.75) is 40.0 Å². The second-order valence-electron chi connectivity index (χ2n) is 6.46. The summed E-state index contributed by atoms with van der Waals surface area (Å²) >= 11 is 0. The van der Waals surface area contributed by atoms with Crippen LogP contribution in [0.15, 0.2) is 36.4 Å². The first-order valence-corrected chi connectivity index (χ1v) is 7.74. The Bertz CT molecular complexity index is 723. The number of rotatable bonds is 1. The van der Waals surface area contributed by atoms with Crippen LogP contribution in [0.4, 0.5) is 0 Å². The molecular weight excluding hydrogens is 252 g/mol. The van der Waals surface area contributed by atoms with E-state index in [9.17, 15) is 0 Å². The average molecular weight is 274 g/mol. The van der Waals surface area contributed by atoms with E-state index < -0.39 is 0 Å². The molecule has 2 aromatic rings. The quantitative estimate of drug-likeness (QED) is 0.632. The highest BCUT2D eigenvalue weighted by Gasteiger charge is 2.35. The molecule has 0 bridgehead atoms. The van der Waals surface area contributed by atoms with Crippen molar-refractivity contribution in [3.05, 3.63) is 69.8 Å². The first-order chi connectivity index (χ1) is 10.0. The van der Waals surface area contributed by atoms with Gasteiger partial charge >= 0.3 is 0 Å². The SMILES string of the molecule is Cc1ccc(C#Cc2cc(C)c(C3CC3C)cc2C)cc1. The minimum absolute atomic E-state index is 0.780. The Morgan fingerprint density at radius 2 is 1.57 bits per heavy atom. The van der Waals surface area contributed by atoms with Crippen molar-refractivity contribution < 1.29 is 0 Å². The monoisotopic (exact) mass is 274 g/mol. The maximum absolute atomic E-state index is 3.34. The molecule has 2 aromatic carbocycles. The van der Waals surface area contributed by atoms with Gasteiger partial charge in [0.15, 0.2) is 0 Å². The van der Waals surface area contributed by atoms with Crippen LogP contribution in [-0.2, 0) is 0 Å². The first kappa shape index (κ1) is 14.0. The summed E-state index contributed by atoms with van der Waals surface area (Å²) in [7, 11) is 0. The highest BCUT2D eigenvalue weighted by Crippen LogP contribution is 2.48. The lowest BCUT2D eigenvalue weighted by Crippen LogP contribution is -1.92. The zero-order valence-corrected chi connectivity index (χ0v) is 13.3. The van der Waals surface area contributed by atoms with E-state index >= 15 is 0 Å². The van der Waals surface area contributed by atoms with Crippen molar-refractivity contribution in [2.75, 3.05) is 0 Å². The third-order valence-electron chi connectivity index (χ3n) is 4.52. The topological polar surface area (TPSA) is 0 Å². The first-order valence-electron chi connectivity index (χ1n) is 7.74. The van der Waals surface area contributed by atoms with Crippen molar-refractivity contribution >= 4 is 0 Å². The van der Waals surface area contributed by atoms with E-state index in [0.29, 0.717) is 0 Å². The fourth-order valence-corrected chi connectivity index (χ4v) is 2.90. The average Bonchev–Trinajstić information content (AvgIpc) is 3.18. The largest absolute Gasteiger partial charge is 0.0619 e. The van der Waals surface area contributed by atoms with Gasteiger partial charge in [0.1, 0.15) is 0 Å². The van der Waals surface area contributed by atoms with E-state index in [-0.39, 0.29) is 0 Å². The molecule has 0 radical (unpaired) electrons. The molecule has 1 aliphatic rings. The van der Waals surface area contributed by atoms with Gasteiger partial charge in [0.05, 0.1) is 0 Å². The molecule has 0 amide bonds. The van der Waals surface area contributed by atoms with Crippen LogP contribution in [0.5, 0.6) is 0 Å². The second-order valence-corrected chi connectivity index (χ2v) is 6.46. The molecular formula is C21H22. The molecule has 2 unspecified atom stereocenters. The molecule has 1 saturated carbocycles. The molecule has 0 saturated heterocycles. The lowest BCUT2D eigenvalue weighted by molar-refractivity contribution is 0.907. The number of hydrogen-bond donors (Lipinski definition) is 0. The van der Waals surface area contributed by atoms with Gasteiger partial charge in [-0.3, -0.25) is 0 Å². The molecule has 0 aromatic heterocycles. The van der Waals surface area contributed by atoms with Crippen LogP contribution < -0.4 is 0 Å². The van der Waals surface area contributed by atoms with Crippen molar-refractivity contribution in [2.24, 2.45) is 5.92 Å². The molecule has 2 atom stereocenters. The van der Waals surface area contributed by atoms with Crippen LogP contribution in [0, 0.1) is 38.5 Å². The third-order valence-corrected chi connectivity index (χ3v) is 4.52. The standard InChI is InChI=1S/C21H22/c1-14-5-7-18(8-6-14)9-10-19-11-16(3)20(12-15(19)2)21-13-17(21)4/h5-8,11-12,17,21H,13H2,1-4H3. The molecule has 0 spiro atoms. The summed E-state index contributed by atoms with van der Waals surface area (Å²) in [5.74, 6) is 8.25. The van der Waals surface area contributed by atoms with Gasteiger partial charge in [0.2, 0.25) is 0 Å². The molecule has 0 N–H and O–H groups in total. The summed E-state index contributed by atoms with van der Waals surface area (Å²) in [6.07, 6.45) is 1.34. The molecule has 106 valence electrons. The smallest absolute Gasteiger partial charge is 0.0281 e. The fraction of sp³-hybridized carbons (Fsp3) is 0.333. The molecule has 3 rings (SSSR count). The number of benzene rings is 2. The van der Waals surface area contributed by atoms with Crippen molar-refractivity contribution in [1.82, 2.24) is 0 Å². The molecule has 0 aliphatic heterocycles. The lowest BCUT2D eigenvalue weighted by Gasteiger charge is -2.08. The third kappa shape index (κ3) is 3.03. The molecule has 1 aliphatic carbocycles. The van der Waals surface area contributed by atoms with Gasteiger partial charge in [0, 0.05) is 11.1 Å². The predicted molar refractivity (Wildman–Crippen MR) is 89.6 cm³/mol. The zero-order chi connectivity index (χ0) is 15.0. The minimum Gasteiger partial charge on any atom is -0.0619 e. The Hall–Kier alpha value is -2.00. The highest BCUT2D eigenvalue weighted by atomic mass is 14.4. The Labute approximate surface area is 128 Å². The number of aryl methyl sites for hydroxylation is 3. The zero-order valence-electron chi connectivity index (χ0n) is 13.3. The van der Waals surface area contributed by atoms with Gasteiger partial charge in [0.25, 0.3) is 0 Å². The van der Waals surface area contributed by atoms with Crippen molar-refractivity contribution in [3.8, 4) is 11.8 Å². The van der Waals surface area contributed by atoms with E-state index in [0.717, 1.165) is 23.0 Å².